The molecule has 0 aliphatic carbocycles. The lowest BCUT2D eigenvalue weighted by Crippen LogP contribution is -2.49. The molecule has 1 aromatic rings. The Morgan fingerprint density at radius 1 is 1.32 bits per heavy atom. The molecule has 0 spiro atoms. The molecule has 5 heteroatoms. The maximum atomic E-state index is 4.43. The van der Waals surface area contributed by atoms with Crippen molar-refractivity contribution >= 4 is 0 Å². The first-order chi connectivity index (χ1) is 9.22. The van der Waals surface area contributed by atoms with Crippen LogP contribution >= 0.6 is 0 Å². The van der Waals surface area contributed by atoms with Gasteiger partial charge in [0.25, 0.3) is 0 Å². The minimum atomic E-state index is 0.763. The fourth-order valence-electron chi connectivity index (χ4n) is 3.35. The van der Waals surface area contributed by atoms with Crippen LogP contribution in [0.1, 0.15) is 17.7 Å². The summed E-state index contributed by atoms with van der Waals surface area (Å²) >= 11 is 0. The van der Waals surface area contributed by atoms with Gasteiger partial charge in [-0.2, -0.15) is 5.10 Å². The predicted octanol–water partition coefficient (Wildman–Crippen LogP) is 0.208. The summed E-state index contributed by atoms with van der Waals surface area (Å²) in [5.74, 6) is 0. The molecule has 1 unspecified atom stereocenters. The highest BCUT2D eigenvalue weighted by Gasteiger charge is 2.28. The summed E-state index contributed by atoms with van der Waals surface area (Å²) in [5.41, 5.74) is 2.55. The highest BCUT2D eigenvalue weighted by Crippen LogP contribution is 2.19. The van der Waals surface area contributed by atoms with Crippen LogP contribution in [0.5, 0.6) is 0 Å². The van der Waals surface area contributed by atoms with Crippen LogP contribution in [-0.2, 0) is 13.6 Å². The summed E-state index contributed by atoms with van der Waals surface area (Å²) in [4.78, 5) is 5.24. The summed E-state index contributed by atoms with van der Waals surface area (Å²) in [6, 6.07) is 0.763. The standard InChI is InChI=1S/C14H25N5/c1-12-13(9-17(2)16-12)10-18-6-3-14(11-18)19-7-4-15-5-8-19/h9,14-15H,3-8,10-11H2,1-2H3. The Hall–Kier alpha value is -0.910. The molecule has 3 rings (SSSR count). The Bertz CT molecular complexity index is 421. The van der Waals surface area contributed by atoms with Gasteiger partial charge in [0, 0.05) is 70.7 Å². The molecule has 106 valence electrons. The number of rotatable bonds is 3. The SMILES string of the molecule is Cc1nn(C)cc1CN1CCC(N2CCNCC2)C1. The third kappa shape index (κ3) is 2.99. The molecule has 19 heavy (non-hydrogen) atoms. The van der Waals surface area contributed by atoms with Crippen molar-refractivity contribution in [3.8, 4) is 0 Å². The zero-order chi connectivity index (χ0) is 13.2. The Morgan fingerprint density at radius 3 is 2.79 bits per heavy atom. The topological polar surface area (TPSA) is 36.3 Å². The fourth-order valence-corrected chi connectivity index (χ4v) is 3.35. The number of nitrogens with one attached hydrogen (secondary N) is 1. The molecule has 0 bridgehead atoms. The van der Waals surface area contributed by atoms with Crippen LogP contribution in [0.3, 0.4) is 0 Å². The van der Waals surface area contributed by atoms with E-state index in [9.17, 15) is 0 Å². The van der Waals surface area contributed by atoms with Crippen molar-refractivity contribution in [2.75, 3.05) is 39.3 Å². The molecule has 0 amide bonds. The fraction of sp³-hybridized carbons (Fsp3) is 0.786. The zero-order valence-electron chi connectivity index (χ0n) is 12.1. The summed E-state index contributed by atoms with van der Waals surface area (Å²) < 4.78 is 1.93. The second kappa shape index (κ2) is 5.61. The average Bonchev–Trinajstić information content (AvgIpc) is 2.99. The number of nitrogens with zero attached hydrogens (tertiary/aromatic N) is 4. The average molecular weight is 263 g/mol. The number of aromatic nitrogens is 2. The third-order valence-electron chi connectivity index (χ3n) is 4.42. The monoisotopic (exact) mass is 263 g/mol. The van der Waals surface area contributed by atoms with Crippen LogP contribution < -0.4 is 5.32 Å². The Morgan fingerprint density at radius 2 is 2.11 bits per heavy atom. The molecule has 2 aliphatic heterocycles. The van der Waals surface area contributed by atoms with Crippen LogP contribution in [0.25, 0.3) is 0 Å². The molecular weight excluding hydrogens is 238 g/mol. The number of hydrogen-bond acceptors (Lipinski definition) is 4. The largest absolute Gasteiger partial charge is 0.314 e. The van der Waals surface area contributed by atoms with Gasteiger partial charge >= 0.3 is 0 Å². The number of piperazine rings is 1. The highest BCUT2D eigenvalue weighted by atomic mass is 15.3. The number of hydrogen-bond donors (Lipinski definition) is 1. The van der Waals surface area contributed by atoms with Crippen LogP contribution in [0, 0.1) is 6.92 Å². The van der Waals surface area contributed by atoms with Gasteiger partial charge < -0.3 is 5.32 Å². The van der Waals surface area contributed by atoms with E-state index in [4.69, 9.17) is 0 Å². The smallest absolute Gasteiger partial charge is 0.0638 e. The van der Waals surface area contributed by atoms with Crippen molar-refractivity contribution in [1.29, 1.82) is 0 Å². The molecule has 2 saturated heterocycles. The van der Waals surface area contributed by atoms with E-state index in [0.717, 1.165) is 25.7 Å². The second-order valence-corrected chi connectivity index (χ2v) is 5.88. The summed E-state index contributed by atoms with van der Waals surface area (Å²) in [7, 11) is 2.00. The molecule has 2 fully saturated rings. The predicted molar refractivity (Wildman–Crippen MR) is 76.1 cm³/mol. The van der Waals surface area contributed by atoms with Crippen LogP contribution in [0.4, 0.5) is 0 Å². The van der Waals surface area contributed by atoms with Crippen molar-refractivity contribution < 1.29 is 0 Å². The molecule has 0 aromatic carbocycles. The Kier molecular flexibility index (Phi) is 3.86. The van der Waals surface area contributed by atoms with Gasteiger partial charge in [-0.15, -0.1) is 0 Å². The van der Waals surface area contributed by atoms with Crippen molar-refractivity contribution in [1.82, 2.24) is 24.9 Å². The van der Waals surface area contributed by atoms with Gasteiger partial charge in [0.05, 0.1) is 5.69 Å². The molecule has 1 aromatic heterocycles. The Labute approximate surface area is 115 Å². The molecule has 3 heterocycles. The molecule has 5 nitrogen and oxygen atoms in total. The van der Waals surface area contributed by atoms with Gasteiger partial charge in [0.15, 0.2) is 0 Å². The van der Waals surface area contributed by atoms with Gasteiger partial charge in [-0.25, -0.2) is 0 Å². The van der Waals surface area contributed by atoms with Gasteiger partial charge in [-0.3, -0.25) is 14.5 Å². The summed E-state index contributed by atoms with van der Waals surface area (Å²) in [6.45, 7) is 10.3. The number of likely N-dealkylation sites (tertiary alicyclic amines) is 1. The van der Waals surface area contributed by atoms with Gasteiger partial charge in [0.1, 0.15) is 0 Å². The lowest BCUT2D eigenvalue weighted by Gasteiger charge is -2.32. The molecule has 1 atom stereocenters. The third-order valence-corrected chi connectivity index (χ3v) is 4.42. The first-order valence-corrected chi connectivity index (χ1v) is 7.38. The van der Waals surface area contributed by atoms with E-state index in [1.54, 1.807) is 0 Å². The summed E-state index contributed by atoms with van der Waals surface area (Å²) in [6.07, 6.45) is 3.48. The minimum absolute atomic E-state index is 0.763. The van der Waals surface area contributed by atoms with Crippen LogP contribution in [0.15, 0.2) is 6.20 Å². The molecule has 0 radical (unpaired) electrons. The van der Waals surface area contributed by atoms with E-state index < -0.39 is 0 Å². The lowest BCUT2D eigenvalue weighted by atomic mass is 10.2. The molecular formula is C14H25N5. The van der Waals surface area contributed by atoms with Gasteiger partial charge in [-0.1, -0.05) is 0 Å². The summed E-state index contributed by atoms with van der Waals surface area (Å²) in [5, 5.41) is 7.87. The lowest BCUT2D eigenvalue weighted by molar-refractivity contribution is 0.170. The maximum Gasteiger partial charge on any atom is 0.0638 e. The van der Waals surface area contributed by atoms with Gasteiger partial charge in [-0.05, 0) is 13.3 Å². The Balaban J connectivity index is 1.55. The van der Waals surface area contributed by atoms with E-state index in [1.807, 2.05) is 11.7 Å². The molecule has 1 N–H and O–H groups in total. The van der Waals surface area contributed by atoms with E-state index in [-0.39, 0.29) is 0 Å². The molecule has 2 aliphatic rings. The zero-order valence-corrected chi connectivity index (χ0v) is 12.1. The first kappa shape index (κ1) is 13.1. The van der Waals surface area contributed by atoms with Crippen molar-refractivity contribution in [3.05, 3.63) is 17.5 Å². The van der Waals surface area contributed by atoms with E-state index in [0.29, 0.717) is 0 Å². The van der Waals surface area contributed by atoms with Crippen LogP contribution in [0.2, 0.25) is 0 Å². The van der Waals surface area contributed by atoms with Crippen LogP contribution in [-0.4, -0.2) is 64.9 Å². The molecule has 0 saturated carbocycles. The minimum Gasteiger partial charge on any atom is -0.314 e. The quantitative estimate of drug-likeness (QED) is 0.846. The van der Waals surface area contributed by atoms with E-state index in [1.165, 1.54) is 43.9 Å². The van der Waals surface area contributed by atoms with Crippen molar-refractivity contribution in [3.63, 3.8) is 0 Å². The second-order valence-electron chi connectivity index (χ2n) is 5.88. The van der Waals surface area contributed by atoms with E-state index in [2.05, 4.69) is 33.3 Å². The van der Waals surface area contributed by atoms with Crippen molar-refractivity contribution in [2.24, 2.45) is 7.05 Å². The first-order valence-electron chi connectivity index (χ1n) is 7.38. The van der Waals surface area contributed by atoms with E-state index >= 15 is 0 Å². The van der Waals surface area contributed by atoms with Gasteiger partial charge in [0.2, 0.25) is 0 Å². The number of aryl methyl sites for hydroxylation is 2. The maximum absolute atomic E-state index is 4.43. The van der Waals surface area contributed by atoms with Crippen molar-refractivity contribution in [2.45, 2.75) is 25.9 Å². The highest BCUT2D eigenvalue weighted by molar-refractivity contribution is 5.15. The normalized spacial score (nSPS) is 26.1.